The van der Waals surface area contributed by atoms with Crippen LogP contribution in [0.4, 0.5) is 0 Å². The Morgan fingerprint density at radius 3 is 2.80 bits per heavy atom. The van der Waals surface area contributed by atoms with Crippen LogP contribution < -0.4 is 5.73 Å². The summed E-state index contributed by atoms with van der Waals surface area (Å²) < 4.78 is 0.962. The molecule has 0 radical (unpaired) electrons. The molecule has 2 N–H and O–H groups in total. The maximum absolute atomic E-state index is 10.9. The summed E-state index contributed by atoms with van der Waals surface area (Å²) in [6.07, 6.45) is 0. The Labute approximate surface area is 71.2 Å². The topological polar surface area (TPSA) is 43.1 Å². The molecule has 0 aliphatic heterocycles. The molecule has 0 aliphatic rings. The third-order valence-corrected chi connectivity index (χ3v) is 2.70. The van der Waals surface area contributed by atoms with E-state index in [0.717, 1.165) is 8.66 Å². The molecule has 0 amide bonds. The van der Waals surface area contributed by atoms with Crippen LogP contribution in [-0.4, -0.2) is 12.3 Å². The van der Waals surface area contributed by atoms with Gasteiger partial charge in [-0.25, -0.2) is 0 Å². The van der Waals surface area contributed by atoms with Crippen LogP contribution in [0.2, 0.25) is 0 Å². The van der Waals surface area contributed by atoms with Crippen molar-refractivity contribution in [2.24, 2.45) is 5.73 Å². The average molecular weight is 220 g/mol. The van der Waals surface area contributed by atoms with Crippen molar-refractivity contribution in [1.82, 2.24) is 0 Å². The SMILES string of the molecule is NCC(=O)c1ccc(Br)s1. The van der Waals surface area contributed by atoms with Gasteiger partial charge in [0.15, 0.2) is 5.78 Å². The molecule has 0 unspecified atom stereocenters. The van der Waals surface area contributed by atoms with Crippen LogP contribution in [0.3, 0.4) is 0 Å². The van der Waals surface area contributed by atoms with E-state index in [1.165, 1.54) is 11.3 Å². The van der Waals surface area contributed by atoms with Gasteiger partial charge in [0.05, 0.1) is 15.2 Å². The third kappa shape index (κ3) is 1.65. The molecule has 54 valence electrons. The van der Waals surface area contributed by atoms with Crippen LogP contribution >= 0.6 is 27.3 Å². The lowest BCUT2D eigenvalue weighted by atomic mass is 10.3. The van der Waals surface area contributed by atoms with Crippen molar-refractivity contribution < 1.29 is 4.79 Å². The lowest BCUT2D eigenvalue weighted by molar-refractivity contribution is 0.100. The van der Waals surface area contributed by atoms with Gasteiger partial charge in [0, 0.05) is 0 Å². The Morgan fingerprint density at radius 2 is 2.40 bits per heavy atom. The summed E-state index contributed by atoms with van der Waals surface area (Å²) in [4.78, 5) is 11.6. The van der Waals surface area contributed by atoms with E-state index in [-0.39, 0.29) is 12.3 Å². The molecule has 0 aliphatic carbocycles. The number of halogens is 1. The highest BCUT2D eigenvalue weighted by Gasteiger charge is 2.04. The van der Waals surface area contributed by atoms with Gasteiger partial charge in [0.1, 0.15) is 0 Å². The highest BCUT2D eigenvalue weighted by Crippen LogP contribution is 2.21. The summed E-state index contributed by atoms with van der Waals surface area (Å²) in [5.41, 5.74) is 5.16. The number of ketones is 1. The molecule has 0 fully saturated rings. The molecule has 0 aromatic carbocycles. The van der Waals surface area contributed by atoms with E-state index in [1.807, 2.05) is 6.07 Å². The van der Waals surface area contributed by atoms with Gasteiger partial charge in [-0.1, -0.05) is 0 Å². The van der Waals surface area contributed by atoms with Crippen LogP contribution in [0.1, 0.15) is 9.67 Å². The van der Waals surface area contributed by atoms with Gasteiger partial charge in [0.2, 0.25) is 0 Å². The Balaban J connectivity index is 2.85. The van der Waals surface area contributed by atoms with E-state index >= 15 is 0 Å². The molecule has 4 heteroatoms. The number of Topliss-reactive ketones (excluding diaryl/α,β-unsaturated/α-hetero) is 1. The molecule has 2 nitrogen and oxygen atoms in total. The smallest absolute Gasteiger partial charge is 0.186 e. The first kappa shape index (κ1) is 7.91. The van der Waals surface area contributed by atoms with Crippen LogP contribution in [0.5, 0.6) is 0 Å². The van der Waals surface area contributed by atoms with E-state index in [4.69, 9.17) is 5.73 Å². The predicted molar refractivity (Wildman–Crippen MR) is 45.4 cm³/mol. The molecular formula is C6H6BrNOS. The van der Waals surface area contributed by atoms with Crippen molar-refractivity contribution in [1.29, 1.82) is 0 Å². The fraction of sp³-hybridized carbons (Fsp3) is 0.167. The van der Waals surface area contributed by atoms with Crippen molar-refractivity contribution in [2.45, 2.75) is 0 Å². The average Bonchev–Trinajstić information content (AvgIpc) is 2.34. The number of thiophene rings is 1. The molecule has 1 heterocycles. The molecule has 0 spiro atoms. The zero-order valence-electron chi connectivity index (χ0n) is 5.13. The highest BCUT2D eigenvalue weighted by molar-refractivity contribution is 9.11. The molecule has 1 rings (SSSR count). The summed E-state index contributed by atoms with van der Waals surface area (Å²) >= 11 is 4.66. The van der Waals surface area contributed by atoms with Gasteiger partial charge >= 0.3 is 0 Å². The number of hydrogen-bond acceptors (Lipinski definition) is 3. The normalized spacial score (nSPS) is 9.80. The predicted octanol–water partition coefficient (Wildman–Crippen LogP) is 1.65. The fourth-order valence-electron chi connectivity index (χ4n) is 0.565. The lowest BCUT2D eigenvalue weighted by Gasteiger charge is -1.87. The molecule has 1 aromatic heterocycles. The summed E-state index contributed by atoms with van der Waals surface area (Å²) in [7, 11) is 0. The van der Waals surface area contributed by atoms with Gasteiger partial charge in [-0.3, -0.25) is 4.79 Å². The summed E-state index contributed by atoms with van der Waals surface area (Å²) in [5.74, 6) is -0.00398. The van der Waals surface area contributed by atoms with Crippen molar-refractivity contribution in [2.75, 3.05) is 6.54 Å². The third-order valence-electron chi connectivity index (χ3n) is 1.03. The summed E-state index contributed by atoms with van der Waals surface area (Å²) in [6, 6.07) is 3.61. The zero-order chi connectivity index (χ0) is 7.56. The van der Waals surface area contributed by atoms with Crippen molar-refractivity contribution >= 4 is 33.0 Å². The monoisotopic (exact) mass is 219 g/mol. The Hall–Kier alpha value is -0.190. The van der Waals surface area contributed by atoms with E-state index in [1.54, 1.807) is 6.07 Å². The molecule has 0 bridgehead atoms. The van der Waals surface area contributed by atoms with E-state index in [0.29, 0.717) is 0 Å². The van der Waals surface area contributed by atoms with Crippen LogP contribution in [-0.2, 0) is 0 Å². The quantitative estimate of drug-likeness (QED) is 0.770. The van der Waals surface area contributed by atoms with E-state index in [9.17, 15) is 4.79 Å². The Bertz CT molecular complexity index is 246. The Kier molecular flexibility index (Phi) is 2.59. The molecule has 0 atom stereocenters. The fourth-order valence-corrected chi connectivity index (χ4v) is 1.90. The molecule has 0 saturated heterocycles. The van der Waals surface area contributed by atoms with Crippen molar-refractivity contribution in [3.8, 4) is 0 Å². The van der Waals surface area contributed by atoms with Gasteiger partial charge < -0.3 is 5.73 Å². The number of carbonyl (C=O) groups is 1. The minimum atomic E-state index is -0.00398. The van der Waals surface area contributed by atoms with Gasteiger partial charge in [0.25, 0.3) is 0 Å². The van der Waals surface area contributed by atoms with Gasteiger partial charge in [-0.2, -0.15) is 0 Å². The molecule has 0 saturated carbocycles. The highest BCUT2D eigenvalue weighted by atomic mass is 79.9. The van der Waals surface area contributed by atoms with Crippen molar-refractivity contribution in [3.63, 3.8) is 0 Å². The van der Waals surface area contributed by atoms with Crippen LogP contribution in [0.25, 0.3) is 0 Å². The maximum Gasteiger partial charge on any atom is 0.186 e. The molecule has 10 heavy (non-hydrogen) atoms. The van der Waals surface area contributed by atoms with E-state index in [2.05, 4.69) is 15.9 Å². The second-order valence-electron chi connectivity index (χ2n) is 1.73. The number of hydrogen-bond donors (Lipinski definition) is 1. The van der Waals surface area contributed by atoms with Gasteiger partial charge in [-0.15, -0.1) is 11.3 Å². The summed E-state index contributed by atoms with van der Waals surface area (Å²) in [6.45, 7) is 0.0902. The lowest BCUT2D eigenvalue weighted by Crippen LogP contribution is -2.11. The minimum absolute atomic E-state index is 0.00398. The van der Waals surface area contributed by atoms with Crippen molar-refractivity contribution in [3.05, 3.63) is 20.8 Å². The second kappa shape index (κ2) is 3.27. The standard InChI is InChI=1S/C6H6BrNOS/c7-6-2-1-5(10-6)4(9)3-8/h1-2H,3,8H2. The number of carbonyl (C=O) groups excluding carboxylic acids is 1. The van der Waals surface area contributed by atoms with E-state index < -0.39 is 0 Å². The first-order chi connectivity index (χ1) is 4.74. The minimum Gasteiger partial charge on any atom is -0.324 e. The zero-order valence-corrected chi connectivity index (χ0v) is 7.54. The largest absolute Gasteiger partial charge is 0.324 e. The second-order valence-corrected chi connectivity index (χ2v) is 4.19. The Morgan fingerprint density at radius 1 is 1.70 bits per heavy atom. The molecular weight excluding hydrogens is 214 g/mol. The number of rotatable bonds is 2. The maximum atomic E-state index is 10.9. The first-order valence-electron chi connectivity index (χ1n) is 2.72. The summed E-state index contributed by atoms with van der Waals surface area (Å²) in [5, 5.41) is 0. The molecule has 1 aromatic rings. The first-order valence-corrected chi connectivity index (χ1v) is 4.33. The van der Waals surface area contributed by atoms with Crippen LogP contribution in [0, 0.1) is 0 Å². The number of nitrogens with two attached hydrogens (primary N) is 1. The van der Waals surface area contributed by atoms with Gasteiger partial charge in [-0.05, 0) is 28.1 Å². The van der Waals surface area contributed by atoms with Crippen LogP contribution in [0.15, 0.2) is 15.9 Å².